The van der Waals surface area contributed by atoms with Gasteiger partial charge in [-0.2, -0.15) is 4.31 Å². The van der Waals surface area contributed by atoms with Gasteiger partial charge >= 0.3 is 0 Å². The summed E-state index contributed by atoms with van der Waals surface area (Å²) in [7, 11) is -3.53. The molecular weight excluding hydrogens is 516 g/mol. The van der Waals surface area contributed by atoms with Crippen LogP contribution in [0.25, 0.3) is 0 Å². The quantitative estimate of drug-likeness (QED) is 0.473. The van der Waals surface area contributed by atoms with Gasteiger partial charge in [0, 0.05) is 49.6 Å². The Kier molecular flexibility index (Phi) is 8.79. The molecule has 1 aromatic heterocycles. The predicted molar refractivity (Wildman–Crippen MR) is 145 cm³/mol. The highest BCUT2D eigenvalue weighted by atomic mass is 35.5. The number of halogens is 1. The third kappa shape index (κ3) is 6.15. The molecule has 1 amide bonds. The minimum atomic E-state index is -3.53. The number of hydrogen-bond acceptors (Lipinski definition) is 6. The lowest BCUT2D eigenvalue weighted by Gasteiger charge is -2.25. The van der Waals surface area contributed by atoms with E-state index in [1.165, 1.54) is 33.9 Å². The third-order valence-electron chi connectivity index (χ3n) is 6.60. The molecule has 192 valence electrons. The van der Waals surface area contributed by atoms with Crippen LogP contribution in [0.15, 0.2) is 59.5 Å². The number of nitrogens with one attached hydrogen (secondary N) is 1. The molecule has 0 bridgehead atoms. The Labute approximate surface area is 223 Å². The highest BCUT2D eigenvalue weighted by molar-refractivity contribution is 7.89. The average Bonchev–Trinajstić information content (AvgIpc) is 3.06. The van der Waals surface area contributed by atoms with Crippen LogP contribution in [-0.4, -0.2) is 48.1 Å². The topological polar surface area (TPSA) is 82.6 Å². The minimum Gasteiger partial charge on any atom is -0.298 e. The monoisotopic (exact) mass is 546 g/mol. The van der Waals surface area contributed by atoms with Gasteiger partial charge in [-0.05, 0) is 42.7 Å². The molecule has 0 spiro atoms. The Morgan fingerprint density at radius 2 is 1.64 bits per heavy atom. The van der Waals surface area contributed by atoms with E-state index >= 15 is 0 Å². The number of carbonyl (C=O) groups is 1. The summed E-state index contributed by atoms with van der Waals surface area (Å²) >= 11 is 1.51. The Morgan fingerprint density at radius 3 is 2.33 bits per heavy atom. The first-order chi connectivity index (χ1) is 17.0. The molecule has 36 heavy (non-hydrogen) atoms. The van der Waals surface area contributed by atoms with Crippen LogP contribution in [0, 0.1) is 0 Å². The molecule has 10 heteroatoms. The van der Waals surface area contributed by atoms with E-state index in [-0.39, 0.29) is 23.2 Å². The number of amides is 1. The van der Waals surface area contributed by atoms with E-state index in [1.807, 2.05) is 6.07 Å². The van der Waals surface area contributed by atoms with Gasteiger partial charge in [0.05, 0.1) is 10.6 Å². The molecule has 1 N–H and O–H groups in total. The summed E-state index contributed by atoms with van der Waals surface area (Å²) in [5.74, 6) is -0.282. The fraction of sp³-hybridized carbons (Fsp3) is 0.385. The van der Waals surface area contributed by atoms with E-state index in [1.54, 1.807) is 16.4 Å². The number of hydrogen-bond donors (Lipinski definition) is 1. The van der Waals surface area contributed by atoms with E-state index < -0.39 is 10.0 Å². The number of fused-ring (bicyclic) bond motifs is 1. The van der Waals surface area contributed by atoms with Crippen molar-refractivity contribution >= 4 is 44.8 Å². The van der Waals surface area contributed by atoms with E-state index in [4.69, 9.17) is 0 Å². The van der Waals surface area contributed by atoms with Crippen molar-refractivity contribution in [3.05, 3.63) is 76.3 Å². The molecule has 1 fully saturated rings. The van der Waals surface area contributed by atoms with Crippen LogP contribution in [0.2, 0.25) is 0 Å². The van der Waals surface area contributed by atoms with Crippen molar-refractivity contribution in [3.8, 4) is 0 Å². The van der Waals surface area contributed by atoms with Crippen LogP contribution >= 0.6 is 23.7 Å². The average molecular weight is 547 g/mol. The summed E-state index contributed by atoms with van der Waals surface area (Å²) < 4.78 is 27.5. The van der Waals surface area contributed by atoms with Crippen molar-refractivity contribution in [3.63, 3.8) is 0 Å². The number of anilines is 1. The molecule has 0 atom stereocenters. The first kappa shape index (κ1) is 26.8. The van der Waals surface area contributed by atoms with Gasteiger partial charge in [0.15, 0.2) is 5.13 Å². The van der Waals surface area contributed by atoms with Gasteiger partial charge in [0.25, 0.3) is 5.91 Å². The minimum absolute atomic E-state index is 0. The number of benzene rings is 2. The molecule has 7 nitrogen and oxygen atoms in total. The first-order valence-corrected chi connectivity index (χ1v) is 14.4. The molecule has 0 radical (unpaired) electrons. The van der Waals surface area contributed by atoms with E-state index in [9.17, 15) is 13.2 Å². The number of sulfonamides is 1. The number of thiazole rings is 1. The van der Waals surface area contributed by atoms with Crippen LogP contribution in [0.5, 0.6) is 0 Å². The lowest BCUT2D eigenvalue weighted by atomic mass is 10.1. The van der Waals surface area contributed by atoms with Crippen molar-refractivity contribution in [2.45, 2.75) is 50.1 Å². The molecule has 3 aromatic rings. The summed E-state index contributed by atoms with van der Waals surface area (Å²) in [4.78, 5) is 21.3. The fourth-order valence-corrected chi connectivity index (χ4v) is 7.22. The predicted octanol–water partition coefficient (Wildman–Crippen LogP) is 4.94. The summed E-state index contributed by atoms with van der Waals surface area (Å²) in [6.07, 6.45) is 4.77. The molecule has 1 saturated heterocycles. The lowest BCUT2D eigenvalue weighted by molar-refractivity contribution is 0.102. The van der Waals surface area contributed by atoms with Gasteiger partial charge in [-0.25, -0.2) is 13.4 Å². The summed E-state index contributed by atoms with van der Waals surface area (Å²) in [6.45, 7) is 3.77. The van der Waals surface area contributed by atoms with E-state index in [0.29, 0.717) is 23.8 Å². The van der Waals surface area contributed by atoms with Gasteiger partial charge in [-0.1, -0.05) is 43.2 Å². The van der Waals surface area contributed by atoms with E-state index in [0.717, 1.165) is 57.4 Å². The van der Waals surface area contributed by atoms with Gasteiger partial charge in [0.1, 0.15) is 0 Å². The number of rotatable bonds is 6. The Balaban J connectivity index is 0.00000304. The molecular formula is C26H31ClN4O3S2. The summed E-state index contributed by atoms with van der Waals surface area (Å²) in [6, 6.07) is 16.6. The van der Waals surface area contributed by atoms with Gasteiger partial charge in [-0.3, -0.25) is 15.0 Å². The molecule has 0 saturated carbocycles. The SMILES string of the molecule is Cl.O=C(Nc1nc2c(s1)CN(Cc1ccccc1)CC2)c1ccc(S(=O)(=O)N2CCCCCC2)cc1. The molecule has 2 aromatic carbocycles. The van der Waals surface area contributed by atoms with Crippen LogP contribution in [0.1, 0.15) is 52.2 Å². The van der Waals surface area contributed by atoms with Gasteiger partial charge in [-0.15, -0.1) is 23.7 Å². The maximum Gasteiger partial charge on any atom is 0.257 e. The normalized spacial score (nSPS) is 17.0. The van der Waals surface area contributed by atoms with Crippen LogP contribution < -0.4 is 5.32 Å². The standard InChI is InChI=1S/C26H30N4O3S2.ClH/c31-25(21-10-12-22(13-11-21)35(32,33)30-15-6-1-2-7-16-30)28-26-27-23-14-17-29(19-24(23)34-26)18-20-8-4-3-5-9-20;/h3-5,8-13H,1-2,6-7,14-19H2,(H,27,28,31);1H. The van der Waals surface area contributed by atoms with Gasteiger partial charge in [0.2, 0.25) is 10.0 Å². The molecule has 0 unspecified atom stereocenters. The van der Waals surface area contributed by atoms with Gasteiger partial charge < -0.3 is 0 Å². The molecule has 5 rings (SSSR count). The smallest absolute Gasteiger partial charge is 0.257 e. The van der Waals surface area contributed by atoms with Crippen molar-refractivity contribution in [1.29, 1.82) is 0 Å². The van der Waals surface area contributed by atoms with E-state index in [2.05, 4.69) is 39.5 Å². The fourth-order valence-electron chi connectivity index (χ4n) is 4.66. The zero-order valence-corrected chi connectivity index (χ0v) is 22.5. The van der Waals surface area contributed by atoms with Crippen molar-refractivity contribution in [2.24, 2.45) is 0 Å². The molecule has 3 heterocycles. The Bertz CT molecular complexity index is 1270. The van der Waals surface area contributed by atoms with Crippen LogP contribution in [0.3, 0.4) is 0 Å². The largest absolute Gasteiger partial charge is 0.298 e. The second kappa shape index (κ2) is 11.8. The Hall–Kier alpha value is -2.30. The highest BCUT2D eigenvalue weighted by Gasteiger charge is 2.26. The number of aromatic nitrogens is 1. The molecule has 2 aliphatic heterocycles. The van der Waals surface area contributed by atoms with Crippen molar-refractivity contribution in [1.82, 2.24) is 14.2 Å². The zero-order chi connectivity index (χ0) is 24.3. The molecule has 2 aliphatic rings. The maximum absolute atomic E-state index is 13.0. The van der Waals surface area contributed by atoms with Crippen LogP contribution in [-0.2, 0) is 29.5 Å². The lowest BCUT2D eigenvalue weighted by Crippen LogP contribution is -2.31. The number of carbonyl (C=O) groups excluding carboxylic acids is 1. The molecule has 0 aliphatic carbocycles. The summed E-state index contributed by atoms with van der Waals surface area (Å²) in [5, 5.41) is 3.49. The number of nitrogens with zero attached hydrogens (tertiary/aromatic N) is 3. The zero-order valence-electron chi connectivity index (χ0n) is 20.1. The second-order valence-corrected chi connectivity index (χ2v) is 12.2. The maximum atomic E-state index is 13.0. The summed E-state index contributed by atoms with van der Waals surface area (Å²) in [5.41, 5.74) is 2.75. The van der Waals surface area contributed by atoms with Crippen LogP contribution in [0.4, 0.5) is 5.13 Å². The van der Waals surface area contributed by atoms with Crippen molar-refractivity contribution in [2.75, 3.05) is 25.0 Å². The third-order valence-corrected chi connectivity index (χ3v) is 9.51. The first-order valence-electron chi connectivity index (χ1n) is 12.2. The van der Waals surface area contributed by atoms with Crippen molar-refractivity contribution < 1.29 is 13.2 Å². The highest BCUT2D eigenvalue weighted by Crippen LogP contribution is 2.29. The Morgan fingerprint density at radius 1 is 0.944 bits per heavy atom. The second-order valence-electron chi connectivity index (χ2n) is 9.13.